The van der Waals surface area contributed by atoms with Crippen LogP contribution >= 0.6 is 34.8 Å². The molecule has 0 spiro atoms. The molecule has 5 heteroatoms. The molecule has 1 aromatic carbocycles. The SMILES string of the molecule is CC(C)(CNC(C)(C)C)COc1cc(Cl)c(Cl)cc1Cl. The Balaban J connectivity index is 2.64. The lowest BCUT2D eigenvalue weighted by molar-refractivity contribution is 0.166. The molecule has 114 valence electrons. The minimum Gasteiger partial charge on any atom is -0.491 e. The molecular formula is C15H22Cl3NO. The molecule has 0 bridgehead atoms. The standard InChI is InChI=1S/C15H22Cl3NO/c1-14(2,3)19-8-15(4,5)9-20-13-7-11(17)10(16)6-12(13)18/h6-7,19H,8-9H2,1-5H3. The van der Waals surface area contributed by atoms with E-state index in [-0.39, 0.29) is 11.0 Å². The van der Waals surface area contributed by atoms with Crippen molar-refractivity contribution in [2.45, 2.75) is 40.2 Å². The minimum atomic E-state index is -0.0251. The highest BCUT2D eigenvalue weighted by Crippen LogP contribution is 2.34. The molecule has 1 N–H and O–H groups in total. The van der Waals surface area contributed by atoms with E-state index in [1.54, 1.807) is 12.1 Å². The Morgan fingerprint density at radius 2 is 1.50 bits per heavy atom. The van der Waals surface area contributed by atoms with Crippen molar-refractivity contribution in [2.75, 3.05) is 13.2 Å². The highest BCUT2D eigenvalue weighted by atomic mass is 35.5. The third kappa shape index (κ3) is 6.09. The van der Waals surface area contributed by atoms with Gasteiger partial charge in [0.05, 0.1) is 21.7 Å². The Morgan fingerprint density at radius 3 is 2.05 bits per heavy atom. The number of nitrogens with one attached hydrogen (secondary N) is 1. The summed E-state index contributed by atoms with van der Waals surface area (Å²) < 4.78 is 5.79. The first kappa shape index (κ1) is 17.9. The molecule has 1 rings (SSSR count). The summed E-state index contributed by atoms with van der Waals surface area (Å²) in [4.78, 5) is 0. The lowest BCUT2D eigenvalue weighted by Crippen LogP contribution is -2.43. The van der Waals surface area contributed by atoms with Crippen LogP contribution in [-0.4, -0.2) is 18.7 Å². The van der Waals surface area contributed by atoms with Gasteiger partial charge in [0.1, 0.15) is 5.75 Å². The quantitative estimate of drug-likeness (QED) is 0.722. The summed E-state index contributed by atoms with van der Waals surface area (Å²) in [6.07, 6.45) is 0. The Kier molecular flexibility index (Phi) is 6.03. The fourth-order valence-electron chi connectivity index (χ4n) is 1.44. The van der Waals surface area contributed by atoms with Crippen LogP contribution in [0.1, 0.15) is 34.6 Å². The maximum absolute atomic E-state index is 6.10. The Bertz CT molecular complexity index is 467. The molecule has 0 unspecified atom stereocenters. The molecular weight excluding hydrogens is 317 g/mol. The first-order chi connectivity index (χ1) is 9.00. The van der Waals surface area contributed by atoms with Crippen LogP contribution in [0.3, 0.4) is 0 Å². The Labute approximate surface area is 136 Å². The van der Waals surface area contributed by atoms with E-state index < -0.39 is 0 Å². The summed E-state index contributed by atoms with van der Waals surface area (Å²) in [7, 11) is 0. The van der Waals surface area contributed by atoms with Crippen LogP contribution in [0, 0.1) is 5.41 Å². The van der Waals surface area contributed by atoms with Crippen molar-refractivity contribution in [3.63, 3.8) is 0 Å². The van der Waals surface area contributed by atoms with Crippen molar-refractivity contribution in [1.82, 2.24) is 5.32 Å². The third-order valence-electron chi connectivity index (χ3n) is 2.69. The van der Waals surface area contributed by atoms with E-state index in [4.69, 9.17) is 39.5 Å². The summed E-state index contributed by atoms with van der Waals surface area (Å²) in [6, 6.07) is 3.25. The number of benzene rings is 1. The van der Waals surface area contributed by atoms with Gasteiger partial charge in [-0.25, -0.2) is 0 Å². The molecule has 0 aliphatic carbocycles. The van der Waals surface area contributed by atoms with E-state index in [1.165, 1.54) is 0 Å². The van der Waals surface area contributed by atoms with Crippen LogP contribution in [0.2, 0.25) is 15.1 Å². The predicted octanol–water partition coefficient (Wildman–Crippen LogP) is 5.44. The van der Waals surface area contributed by atoms with E-state index >= 15 is 0 Å². The van der Waals surface area contributed by atoms with Gasteiger partial charge in [-0.3, -0.25) is 0 Å². The first-order valence-corrected chi connectivity index (χ1v) is 7.66. The van der Waals surface area contributed by atoms with Crippen LogP contribution in [-0.2, 0) is 0 Å². The second kappa shape index (κ2) is 6.74. The zero-order chi connectivity index (χ0) is 15.6. The summed E-state index contributed by atoms with van der Waals surface area (Å²) in [5.74, 6) is 0.560. The molecule has 0 radical (unpaired) electrons. The maximum atomic E-state index is 6.10. The molecule has 0 heterocycles. The van der Waals surface area contributed by atoms with Gasteiger partial charge >= 0.3 is 0 Å². The normalized spacial score (nSPS) is 12.6. The van der Waals surface area contributed by atoms with E-state index in [1.807, 2.05) is 0 Å². The average molecular weight is 339 g/mol. The van der Waals surface area contributed by atoms with E-state index in [2.05, 4.69) is 39.9 Å². The lowest BCUT2D eigenvalue weighted by Gasteiger charge is -2.30. The van der Waals surface area contributed by atoms with Crippen molar-refractivity contribution in [2.24, 2.45) is 5.41 Å². The number of halogens is 3. The van der Waals surface area contributed by atoms with Gasteiger partial charge in [-0.15, -0.1) is 0 Å². The molecule has 0 saturated carbocycles. The Hall–Kier alpha value is -0.150. The third-order valence-corrected chi connectivity index (χ3v) is 3.71. The van der Waals surface area contributed by atoms with Crippen LogP contribution in [0.25, 0.3) is 0 Å². The number of hydrogen-bond acceptors (Lipinski definition) is 2. The molecule has 0 aliphatic rings. The maximum Gasteiger partial charge on any atom is 0.139 e. The number of hydrogen-bond donors (Lipinski definition) is 1. The fourth-order valence-corrected chi connectivity index (χ4v) is 2.03. The molecule has 0 fully saturated rings. The summed E-state index contributed by atoms with van der Waals surface area (Å²) >= 11 is 18.0. The van der Waals surface area contributed by atoms with Crippen molar-refractivity contribution in [3.05, 3.63) is 27.2 Å². The molecule has 20 heavy (non-hydrogen) atoms. The predicted molar refractivity (Wildman–Crippen MR) is 88.5 cm³/mol. The average Bonchev–Trinajstić information content (AvgIpc) is 2.29. The molecule has 0 aliphatic heterocycles. The molecule has 1 aromatic rings. The molecule has 0 aromatic heterocycles. The van der Waals surface area contributed by atoms with E-state index in [9.17, 15) is 0 Å². The van der Waals surface area contributed by atoms with Gasteiger partial charge in [0.2, 0.25) is 0 Å². The number of ether oxygens (including phenoxy) is 1. The van der Waals surface area contributed by atoms with Crippen molar-refractivity contribution in [3.8, 4) is 5.75 Å². The zero-order valence-corrected chi connectivity index (χ0v) is 14.9. The largest absolute Gasteiger partial charge is 0.491 e. The van der Waals surface area contributed by atoms with Crippen LogP contribution in [0.4, 0.5) is 0 Å². The molecule has 0 amide bonds. The highest BCUT2D eigenvalue weighted by molar-refractivity contribution is 6.43. The summed E-state index contributed by atoms with van der Waals surface area (Å²) in [5.41, 5.74) is 0.0568. The smallest absolute Gasteiger partial charge is 0.139 e. The zero-order valence-electron chi connectivity index (χ0n) is 12.6. The summed E-state index contributed by atoms with van der Waals surface area (Å²) in [5, 5.41) is 4.81. The van der Waals surface area contributed by atoms with E-state index in [0.29, 0.717) is 27.4 Å². The second-order valence-electron chi connectivity index (χ2n) is 6.75. The van der Waals surface area contributed by atoms with Crippen LogP contribution in [0.15, 0.2) is 12.1 Å². The van der Waals surface area contributed by atoms with Crippen LogP contribution in [0.5, 0.6) is 5.75 Å². The summed E-state index contributed by atoms with van der Waals surface area (Å²) in [6.45, 7) is 12.1. The minimum absolute atomic E-state index is 0.0251. The molecule has 0 atom stereocenters. The van der Waals surface area contributed by atoms with Gasteiger partial charge in [0.15, 0.2) is 0 Å². The van der Waals surface area contributed by atoms with Gasteiger partial charge in [0, 0.05) is 23.6 Å². The monoisotopic (exact) mass is 337 g/mol. The van der Waals surface area contributed by atoms with Crippen molar-refractivity contribution >= 4 is 34.8 Å². The van der Waals surface area contributed by atoms with Gasteiger partial charge in [-0.05, 0) is 26.8 Å². The fraction of sp³-hybridized carbons (Fsp3) is 0.600. The van der Waals surface area contributed by atoms with Crippen molar-refractivity contribution < 1.29 is 4.74 Å². The van der Waals surface area contributed by atoms with Crippen LogP contribution < -0.4 is 10.1 Å². The van der Waals surface area contributed by atoms with Gasteiger partial charge in [0.25, 0.3) is 0 Å². The highest BCUT2D eigenvalue weighted by Gasteiger charge is 2.22. The van der Waals surface area contributed by atoms with E-state index in [0.717, 1.165) is 6.54 Å². The lowest BCUT2D eigenvalue weighted by atomic mass is 9.93. The van der Waals surface area contributed by atoms with Crippen molar-refractivity contribution in [1.29, 1.82) is 0 Å². The first-order valence-electron chi connectivity index (χ1n) is 6.53. The molecule has 2 nitrogen and oxygen atoms in total. The topological polar surface area (TPSA) is 21.3 Å². The van der Waals surface area contributed by atoms with Gasteiger partial charge < -0.3 is 10.1 Å². The number of rotatable bonds is 5. The Morgan fingerprint density at radius 1 is 0.950 bits per heavy atom. The second-order valence-corrected chi connectivity index (χ2v) is 7.97. The van der Waals surface area contributed by atoms with Gasteiger partial charge in [-0.2, -0.15) is 0 Å². The van der Waals surface area contributed by atoms with Gasteiger partial charge in [-0.1, -0.05) is 48.7 Å². The molecule has 0 saturated heterocycles.